The Balaban J connectivity index is 1.60. The molecule has 3 atom stereocenters. The second-order valence-corrected chi connectivity index (χ2v) is 7.78. The average Bonchev–Trinajstić information content (AvgIpc) is 3.21. The van der Waals surface area contributed by atoms with Gasteiger partial charge in [-0.15, -0.1) is 5.10 Å². The number of para-hydroxylation sites is 1. The molecule has 4 rings (SSSR count). The molecule has 2 aromatic rings. The zero-order valence-corrected chi connectivity index (χ0v) is 16.0. The van der Waals surface area contributed by atoms with Crippen LogP contribution in [-0.2, 0) is 4.79 Å². The maximum absolute atomic E-state index is 12.9. The number of aliphatic carboxylic acids is 1. The number of rotatable bonds is 4. The number of carboxylic acids is 1. The average molecular weight is 384 g/mol. The molecule has 1 unspecified atom stereocenters. The number of aromatic nitrogens is 4. The molecule has 0 bridgehead atoms. The number of urea groups is 1. The standard InChI is InChI=1S/C19H24N6O3/c1-11-5-3-7-14(17-21-22-23-25(17)15-9-12(15)2)16(11)20-19(28)24-8-4-6-13(10-24)18(26)27/h3,5,7,12-13,15H,4,6,8-10H2,1-2H3,(H,20,28)(H,26,27)/t12-,13?,15-/m1/s1. The third-order valence-electron chi connectivity index (χ3n) is 5.68. The fourth-order valence-corrected chi connectivity index (χ4v) is 3.81. The number of nitrogens with zero attached hydrogens (tertiary/aromatic N) is 5. The molecule has 2 heterocycles. The van der Waals surface area contributed by atoms with Crippen LogP contribution in [-0.4, -0.2) is 55.3 Å². The number of benzene rings is 1. The summed E-state index contributed by atoms with van der Waals surface area (Å²) in [7, 11) is 0. The number of amides is 2. The van der Waals surface area contributed by atoms with Crippen LogP contribution in [0.2, 0.25) is 0 Å². The summed E-state index contributed by atoms with van der Waals surface area (Å²) < 4.78 is 1.83. The summed E-state index contributed by atoms with van der Waals surface area (Å²) in [5.41, 5.74) is 2.33. The maximum atomic E-state index is 12.9. The van der Waals surface area contributed by atoms with Crippen LogP contribution in [0.25, 0.3) is 11.4 Å². The minimum absolute atomic E-state index is 0.222. The molecule has 2 amide bonds. The molecular formula is C19H24N6O3. The summed E-state index contributed by atoms with van der Waals surface area (Å²) in [6.07, 6.45) is 2.32. The van der Waals surface area contributed by atoms with E-state index >= 15 is 0 Å². The number of hydrogen-bond acceptors (Lipinski definition) is 5. The van der Waals surface area contributed by atoms with Crippen molar-refractivity contribution < 1.29 is 14.7 Å². The first-order valence-corrected chi connectivity index (χ1v) is 9.62. The van der Waals surface area contributed by atoms with Crippen LogP contribution < -0.4 is 5.32 Å². The maximum Gasteiger partial charge on any atom is 0.321 e. The molecule has 1 aliphatic carbocycles. The summed E-state index contributed by atoms with van der Waals surface area (Å²) in [4.78, 5) is 25.7. The Kier molecular flexibility index (Phi) is 4.74. The molecule has 2 N–H and O–H groups in total. The molecule has 1 saturated carbocycles. The number of carbonyl (C=O) groups excluding carboxylic acids is 1. The molecule has 1 aromatic heterocycles. The van der Waals surface area contributed by atoms with Crippen molar-refractivity contribution in [2.24, 2.45) is 11.8 Å². The first-order chi connectivity index (χ1) is 13.5. The lowest BCUT2D eigenvalue weighted by atomic mass is 9.98. The van der Waals surface area contributed by atoms with Crippen LogP contribution in [0.5, 0.6) is 0 Å². The molecule has 9 heteroatoms. The zero-order valence-electron chi connectivity index (χ0n) is 16.0. The minimum Gasteiger partial charge on any atom is -0.481 e. The largest absolute Gasteiger partial charge is 0.481 e. The van der Waals surface area contributed by atoms with Crippen molar-refractivity contribution in [1.82, 2.24) is 25.1 Å². The molecule has 1 aromatic carbocycles. The lowest BCUT2D eigenvalue weighted by Crippen LogP contribution is -2.44. The van der Waals surface area contributed by atoms with E-state index in [1.807, 2.05) is 29.8 Å². The second kappa shape index (κ2) is 7.21. The highest BCUT2D eigenvalue weighted by Gasteiger charge is 2.38. The van der Waals surface area contributed by atoms with E-state index in [1.165, 1.54) is 0 Å². The summed E-state index contributed by atoms with van der Waals surface area (Å²) in [5.74, 6) is -0.201. The number of likely N-dealkylation sites (tertiary alicyclic amines) is 1. The minimum atomic E-state index is -0.855. The van der Waals surface area contributed by atoms with Crippen molar-refractivity contribution >= 4 is 17.7 Å². The van der Waals surface area contributed by atoms with Gasteiger partial charge in [0.15, 0.2) is 5.82 Å². The lowest BCUT2D eigenvalue weighted by molar-refractivity contribution is -0.143. The molecule has 2 aliphatic rings. The first-order valence-electron chi connectivity index (χ1n) is 9.62. The Morgan fingerprint density at radius 3 is 2.82 bits per heavy atom. The quantitative estimate of drug-likeness (QED) is 0.837. The number of tetrazole rings is 1. The van der Waals surface area contributed by atoms with E-state index in [9.17, 15) is 14.7 Å². The highest BCUT2D eigenvalue weighted by atomic mass is 16.4. The summed E-state index contributed by atoms with van der Waals surface area (Å²) >= 11 is 0. The van der Waals surface area contributed by atoms with Gasteiger partial charge in [-0.25, -0.2) is 9.48 Å². The van der Waals surface area contributed by atoms with Crippen LogP contribution in [0.3, 0.4) is 0 Å². The molecule has 9 nitrogen and oxygen atoms in total. The molecule has 148 valence electrons. The molecule has 0 radical (unpaired) electrons. The van der Waals surface area contributed by atoms with Gasteiger partial charge in [0.25, 0.3) is 0 Å². The highest BCUT2D eigenvalue weighted by molar-refractivity contribution is 5.95. The fraction of sp³-hybridized carbons (Fsp3) is 0.526. The number of piperidine rings is 1. The van der Waals surface area contributed by atoms with Crippen LogP contribution in [0, 0.1) is 18.8 Å². The van der Waals surface area contributed by atoms with Crippen molar-refractivity contribution in [3.05, 3.63) is 23.8 Å². The third kappa shape index (κ3) is 3.44. The molecule has 0 spiro atoms. The number of carboxylic acid groups (broad SMARTS) is 1. The Morgan fingerprint density at radius 2 is 2.11 bits per heavy atom. The van der Waals surface area contributed by atoms with Crippen molar-refractivity contribution in [2.45, 2.75) is 39.2 Å². The smallest absolute Gasteiger partial charge is 0.321 e. The van der Waals surface area contributed by atoms with Gasteiger partial charge >= 0.3 is 12.0 Å². The second-order valence-electron chi connectivity index (χ2n) is 7.78. The van der Waals surface area contributed by atoms with Gasteiger partial charge in [0.2, 0.25) is 0 Å². The van der Waals surface area contributed by atoms with Gasteiger partial charge < -0.3 is 15.3 Å². The predicted octanol–water partition coefficient (Wildman–Crippen LogP) is 2.56. The Labute approximate surface area is 162 Å². The molecule has 2 fully saturated rings. The predicted molar refractivity (Wildman–Crippen MR) is 102 cm³/mol. The van der Waals surface area contributed by atoms with Crippen molar-refractivity contribution in [3.8, 4) is 11.4 Å². The number of aryl methyl sites for hydroxylation is 1. The van der Waals surface area contributed by atoms with Gasteiger partial charge in [0.1, 0.15) is 0 Å². The summed E-state index contributed by atoms with van der Waals surface area (Å²) in [6.45, 7) is 4.85. The number of anilines is 1. The van der Waals surface area contributed by atoms with Crippen molar-refractivity contribution in [2.75, 3.05) is 18.4 Å². The van der Waals surface area contributed by atoms with Gasteiger partial charge in [0, 0.05) is 18.7 Å². The van der Waals surface area contributed by atoms with Gasteiger partial charge in [-0.3, -0.25) is 4.79 Å². The van der Waals surface area contributed by atoms with Crippen molar-refractivity contribution in [3.63, 3.8) is 0 Å². The number of carbonyl (C=O) groups is 2. The molecule has 28 heavy (non-hydrogen) atoms. The monoisotopic (exact) mass is 384 g/mol. The lowest BCUT2D eigenvalue weighted by Gasteiger charge is -2.31. The SMILES string of the molecule is Cc1cccc(-c2nnnn2[C@@H]2C[C@H]2C)c1NC(=O)N1CCCC(C(=O)O)C1. The van der Waals surface area contributed by atoms with Crippen molar-refractivity contribution in [1.29, 1.82) is 0 Å². The van der Waals surface area contributed by atoms with Gasteiger partial charge in [-0.1, -0.05) is 19.1 Å². The van der Waals surface area contributed by atoms with E-state index in [1.54, 1.807) is 4.90 Å². The van der Waals surface area contributed by atoms with Gasteiger partial charge in [-0.2, -0.15) is 0 Å². The van der Waals surface area contributed by atoms with Crippen LogP contribution in [0.1, 0.15) is 37.8 Å². The van der Waals surface area contributed by atoms with E-state index in [2.05, 4.69) is 27.8 Å². The number of hydrogen-bond donors (Lipinski definition) is 2. The van der Waals surface area contributed by atoms with Crippen LogP contribution in [0.4, 0.5) is 10.5 Å². The molecule has 1 saturated heterocycles. The third-order valence-corrected chi connectivity index (χ3v) is 5.68. The Bertz CT molecular complexity index is 911. The molecular weight excluding hydrogens is 360 g/mol. The summed E-state index contributed by atoms with van der Waals surface area (Å²) in [5, 5.41) is 24.4. The first kappa shape index (κ1) is 18.4. The highest BCUT2D eigenvalue weighted by Crippen LogP contribution is 2.44. The zero-order chi connectivity index (χ0) is 19.8. The Hall–Kier alpha value is -2.97. The molecule has 1 aliphatic heterocycles. The van der Waals surface area contributed by atoms with E-state index in [0.29, 0.717) is 36.8 Å². The van der Waals surface area contributed by atoms with Gasteiger partial charge in [0.05, 0.1) is 17.6 Å². The summed E-state index contributed by atoms with van der Waals surface area (Å²) in [6, 6.07) is 5.72. The topological polar surface area (TPSA) is 113 Å². The normalized spacial score (nSPS) is 24.1. The van der Waals surface area contributed by atoms with E-state index in [0.717, 1.165) is 17.5 Å². The van der Waals surface area contributed by atoms with Crippen LogP contribution in [0.15, 0.2) is 18.2 Å². The Morgan fingerprint density at radius 1 is 1.32 bits per heavy atom. The number of nitrogens with one attached hydrogen (secondary N) is 1. The van der Waals surface area contributed by atoms with Crippen LogP contribution >= 0.6 is 0 Å². The van der Waals surface area contributed by atoms with Gasteiger partial charge in [-0.05, 0) is 54.2 Å². The van der Waals surface area contributed by atoms with E-state index < -0.39 is 11.9 Å². The fourth-order valence-electron chi connectivity index (χ4n) is 3.81. The van der Waals surface area contributed by atoms with E-state index in [-0.39, 0.29) is 18.6 Å². The van der Waals surface area contributed by atoms with E-state index in [4.69, 9.17) is 0 Å².